The van der Waals surface area contributed by atoms with E-state index in [0.29, 0.717) is 5.76 Å². The van der Waals surface area contributed by atoms with E-state index in [2.05, 4.69) is 10.6 Å². The first-order valence-corrected chi connectivity index (χ1v) is 11.8. The molecule has 0 spiro atoms. The minimum absolute atomic E-state index is 0.0199. The molecule has 1 unspecified atom stereocenters. The maximum Gasteiger partial charge on any atom is 0.338 e. The van der Waals surface area contributed by atoms with Gasteiger partial charge in [0.25, 0.3) is 0 Å². The lowest BCUT2D eigenvalue weighted by atomic mass is 10.0. The Kier molecular flexibility index (Phi) is 7.54. The van der Waals surface area contributed by atoms with Gasteiger partial charge in [0.15, 0.2) is 9.84 Å². The highest BCUT2D eigenvalue weighted by atomic mass is 32.2. The number of amides is 2. The monoisotopic (exact) mass is 476 g/mol. The highest BCUT2D eigenvalue weighted by Gasteiger charge is 2.35. The fourth-order valence-electron chi connectivity index (χ4n) is 3.16. The van der Waals surface area contributed by atoms with Gasteiger partial charge in [0.2, 0.25) is 0 Å². The van der Waals surface area contributed by atoms with Crippen LogP contribution in [0.1, 0.15) is 30.7 Å². The average molecular weight is 477 g/mol. The van der Waals surface area contributed by atoms with Gasteiger partial charge < -0.3 is 24.5 Å². The van der Waals surface area contributed by atoms with Crippen LogP contribution in [0.15, 0.2) is 63.2 Å². The number of urea groups is 1. The number of carbonyl (C=O) groups excluding carboxylic acids is 3. The normalized spacial score (nSPS) is 16.1. The molecule has 0 radical (unpaired) electrons. The molecule has 11 heteroatoms. The molecule has 0 bridgehead atoms. The van der Waals surface area contributed by atoms with Crippen molar-refractivity contribution < 1.29 is 36.7 Å². The molecule has 2 amide bonds. The van der Waals surface area contributed by atoms with Crippen molar-refractivity contribution in [2.75, 3.05) is 19.0 Å². The summed E-state index contributed by atoms with van der Waals surface area (Å²) in [4.78, 5) is 37.0. The molecular formula is C22H24N2O8S. The van der Waals surface area contributed by atoms with E-state index < -0.39 is 52.6 Å². The maximum absolute atomic E-state index is 12.6. The van der Waals surface area contributed by atoms with Crippen molar-refractivity contribution in [1.82, 2.24) is 10.6 Å². The Morgan fingerprint density at radius 2 is 1.85 bits per heavy atom. The third-order valence-electron chi connectivity index (χ3n) is 4.81. The minimum atomic E-state index is -3.67. The van der Waals surface area contributed by atoms with Crippen molar-refractivity contribution in [3.05, 3.63) is 65.3 Å². The Balaban J connectivity index is 1.71. The van der Waals surface area contributed by atoms with Crippen LogP contribution in [0.5, 0.6) is 0 Å². The van der Waals surface area contributed by atoms with Crippen molar-refractivity contribution in [3.63, 3.8) is 0 Å². The number of nitrogens with one attached hydrogen (secondary N) is 2. The summed E-state index contributed by atoms with van der Waals surface area (Å²) in [6.07, 6.45) is 0.993. The lowest BCUT2D eigenvalue weighted by Crippen LogP contribution is -2.47. The summed E-state index contributed by atoms with van der Waals surface area (Å²) >= 11 is 0. The number of sulfone groups is 1. The maximum atomic E-state index is 12.6. The highest BCUT2D eigenvalue weighted by Crippen LogP contribution is 2.28. The summed E-state index contributed by atoms with van der Waals surface area (Å²) in [6, 6.07) is 7.90. The Morgan fingerprint density at radius 3 is 2.48 bits per heavy atom. The molecule has 2 aromatic rings. The van der Waals surface area contributed by atoms with Gasteiger partial charge in [-0.15, -0.1) is 0 Å². The zero-order valence-corrected chi connectivity index (χ0v) is 18.9. The predicted octanol–water partition coefficient (Wildman–Crippen LogP) is 2.17. The molecular weight excluding hydrogens is 452 g/mol. The molecule has 176 valence electrons. The summed E-state index contributed by atoms with van der Waals surface area (Å²) in [5, 5.41) is 5.02. The van der Waals surface area contributed by atoms with Crippen LogP contribution >= 0.6 is 0 Å². The van der Waals surface area contributed by atoms with Gasteiger partial charge in [0.1, 0.15) is 18.4 Å². The van der Waals surface area contributed by atoms with Crippen molar-refractivity contribution in [2.24, 2.45) is 0 Å². The van der Waals surface area contributed by atoms with E-state index in [-0.39, 0.29) is 22.8 Å². The first-order valence-electron chi connectivity index (χ1n) is 10.2. The number of hydrogen-bond acceptors (Lipinski definition) is 8. The van der Waals surface area contributed by atoms with E-state index in [4.69, 9.17) is 13.9 Å². The van der Waals surface area contributed by atoms with Crippen LogP contribution in [-0.2, 0) is 28.9 Å². The molecule has 3 rings (SSSR count). The molecule has 0 fully saturated rings. The molecule has 1 aromatic heterocycles. The van der Waals surface area contributed by atoms with E-state index in [0.717, 1.165) is 5.56 Å². The molecule has 2 N–H and O–H groups in total. The third-order valence-corrected chi connectivity index (χ3v) is 6.54. The van der Waals surface area contributed by atoms with Gasteiger partial charge in [0.05, 0.1) is 41.2 Å². The zero-order chi connectivity index (χ0) is 24.0. The summed E-state index contributed by atoms with van der Waals surface area (Å²) in [6.45, 7) is 3.10. The Hall–Kier alpha value is -3.60. The summed E-state index contributed by atoms with van der Waals surface area (Å²) < 4.78 is 40.4. The van der Waals surface area contributed by atoms with Crippen LogP contribution in [0.2, 0.25) is 0 Å². The molecule has 1 atom stereocenters. The van der Waals surface area contributed by atoms with Crippen molar-refractivity contribution in [3.8, 4) is 0 Å². The lowest BCUT2D eigenvalue weighted by molar-refractivity contribution is -0.143. The second-order valence-corrected chi connectivity index (χ2v) is 9.31. The topological polar surface area (TPSA) is 141 Å². The SMILES string of the molecule is CCOC(=O)C1=C(COC(=O)CCS(=O)(=O)c2ccc(C)cc2)NC(=O)NC1c1ccco1. The van der Waals surface area contributed by atoms with Crippen LogP contribution in [0.4, 0.5) is 4.79 Å². The number of rotatable bonds is 9. The number of carbonyl (C=O) groups is 3. The van der Waals surface area contributed by atoms with Crippen molar-refractivity contribution in [1.29, 1.82) is 0 Å². The molecule has 0 saturated heterocycles. The fraction of sp³-hybridized carbons (Fsp3) is 0.318. The van der Waals surface area contributed by atoms with Gasteiger partial charge >= 0.3 is 18.0 Å². The van der Waals surface area contributed by atoms with Gasteiger partial charge in [-0.05, 0) is 38.1 Å². The molecule has 2 heterocycles. The lowest BCUT2D eigenvalue weighted by Gasteiger charge is -2.27. The Bertz CT molecular complexity index is 1150. The molecule has 1 aliphatic heterocycles. The quantitative estimate of drug-likeness (QED) is 0.525. The van der Waals surface area contributed by atoms with Gasteiger partial charge in [-0.2, -0.15) is 0 Å². The molecule has 33 heavy (non-hydrogen) atoms. The number of ether oxygens (including phenoxy) is 2. The molecule has 0 saturated carbocycles. The van der Waals surface area contributed by atoms with Crippen LogP contribution in [0.3, 0.4) is 0 Å². The number of benzene rings is 1. The standard InChI is InChI=1S/C22H24N2O8S/c1-3-30-21(26)19-16(23-22(27)24-20(19)17-5-4-11-31-17)13-32-18(25)10-12-33(28,29)15-8-6-14(2)7-9-15/h4-9,11,20H,3,10,12-13H2,1-2H3,(H2,23,24,27). The van der Waals surface area contributed by atoms with E-state index in [1.807, 2.05) is 6.92 Å². The largest absolute Gasteiger partial charge is 0.467 e. The first-order chi connectivity index (χ1) is 15.7. The number of esters is 2. The molecule has 10 nitrogen and oxygen atoms in total. The number of hydrogen-bond donors (Lipinski definition) is 2. The van der Waals surface area contributed by atoms with Crippen LogP contribution in [-0.4, -0.2) is 45.4 Å². The van der Waals surface area contributed by atoms with Crippen LogP contribution in [0, 0.1) is 6.92 Å². The summed E-state index contributed by atoms with van der Waals surface area (Å²) in [7, 11) is -3.67. The smallest absolute Gasteiger partial charge is 0.338 e. The first kappa shape index (κ1) is 24.1. The predicted molar refractivity (Wildman–Crippen MR) is 116 cm³/mol. The van der Waals surface area contributed by atoms with E-state index >= 15 is 0 Å². The average Bonchev–Trinajstić information content (AvgIpc) is 3.31. The second kappa shape index (κ2) is 10.3. The van der Waals surface area contributed by atoms with Gasteiger partial charge in [-0.1, -0.05) is 17.7 Å². The fourth-order valence-corrected chi connectivity index (χ4v) is 4.38. The minimum Gasteiger partial charge on any atom is -0.467 e. The van der Waals surface area contributed by atoms with E-state index in [9.17, 15) is 22.8 Å². The van der Waals surface area contributed by atoms with E-state index in [1.165, 1.54) is 18.4 Å². The van der Waals surface area contributed by atoms with Gasteiger partial charge in [0, 0.05) is 0 Å². The third kappa shape index (κ3) is 6.01. The zero-order valence-electron chi connectivity index (χ0n) is 18.1. The Morgan fingerprint density at radius 1 is 1.12 bits per heavy atom. The molecule has 0 aliphatic carbocycles. The second-order valence-electron chi connectivity index (χ2n) is 7.20. The summed E-state index contributed by atoms with van der Waals surface area (Å²) in [5.41, 5.74) is 0.954. The van der Waals surface area contributed by atoms with Crippen LogP contribution < -0.4 is 10.6 Å². The summed E-state index contributed by atoms with van der Waals surface area (Å²) in [5.74, 6) is -1.68. The number of furan rings is 1. The molecule has 1 aromatic carbocycles. The van der Waals surface area contributed by atoms with Crippen molar-refractivity contribution >= 4 is 27.8 Å². The van der Waals surface area contributed by atoms with Crippen molar-refractivity contribution in [2.45, 2.75) is 31.2 Å². The van der Waals surface area contributed by atoms with Gasteiger partial charge in [-0.25, -0.2) is 18.0 Å². The Labute approximate surface area is 190 Å². The number of aryl methyl sites for hydroxylation is 1. The molecule has 1 aliphatic rings. The highest BCUT2D eigenvalue weighted by molar-refractivity contribution is 7.91. The van der Waals surface area contributed by atoms with Gasteiger partial charge in [-0.3, -0.25) is 4.79 Å². The van der Waals surface area contributed by atoms with Crippen LogP contribution in [0.25, 0.3) is 0 Å². The van der Waals surface area contributed by atoms with E-state index in [1.54, 1.807) is 31.2 Å².